The Morgan fingerprint density at radius 3 is 2.88 bits per heavy atom. The molecular formula is C19H24N4O2. The Balaban J connectivity index is 1.77. The highest BCUT2D eigenvalue weighted by Gasteiger charge is 2.23. The predicted octanol–water partition coefficient (Wildman–Crippen LogP) is 2.66. The molecule has 1 fully saturated rings. The zero-order chi connectivity index (χ0) is 17.6. The lowest BCUT2D eigenvalue weighted by molar-refractivity contribution is 0.0710. The number of hydrogen-bond donors (Lipinski definition) is 2. The lowest BCUT2D eigenvalue weighted by Crippen LogP contribution is -2.51. The molecule has 1 amide bonds. The van der Waals surface area contributed by atoms with Crippen LogP contribution in [0, 0.1) is 0 Å². The lowest BCUT2D eigenvalue weighted by Gasteiger charge is -2.32. The van der Waals surface area contributed by atoms with Gasteiger partial charge in [0.05, 0.1) is 12.2 Å². The summed E-state index contributed by atoms with van der Waals surface area (Å²) in [4.78, 5) is 19.1. The Kier molecular flexibility index (Phi) is 5.50. The molecule has 2 aromatic rings. The summed E-state index contributed by atoms with van der Waals surface area (Å²) >= 11 is 0. The zero-order valence-electron chi connectivity index (χ0n) is 14.7. The molecule has 2 N–H and O–H groups in total. The number of anilines is 2. The predicted molar refractivity (Wildman–Crippen MR) is 98.5 cm³/mol. The van der Waals surface area contributed by atoms with E-state index >= 15 is 0 Å². The van der Waals surface area contributed by atoms with Crippen molar-refractivity contribution in [1.29, 1.82) is 0 Å². The van der Waals surface area contributed by atoms with Crippen molar-refractivity contribution in [3.05, 3.63) is 48.2 Å². The molecule has 6 nitrogen and oxygen atoms in total. The SMILES string of the molecule is CCOc1ccc(Nc2ncccc2C(=O)N2CCNC(C)C2)cc1. The van der Waals surface area contributed by atoms with E-state index in [0.29, 0.717) is 37.1 Å². The second-order valence-corrected chi connectivity index (χ2v) is 6.09. The highest BCUT2D eigenvalue weighted by molar-refractivity contribution is 5.99. The number of rotatable bonds is 5. The second-order valence-electron chi connectivity index (χ2n) is 6.09. The molecule has 132 valence electrons. The minimum absolute atomic E-state index is 0.00915. The molecule has 25 heavy (non-hydrogen) atoms. The van der Waals surface area contributed by atoms with Crippen LogP contribution in [0.5, 0.6) is 5.75 Å². The summed E-state index contributed by atoms with van der Waals surface area (Å²) in [6.07, 6.45) is 1.69. The summed E-state index contributed by atoms with van der Waals surface area (Å²) < 4.78 is 5.45. The molecule has 1 aliphatic heterocycles. The van der Waals surface area contributed by atoms with Crippen LogP contribution in [0.25, 0.3) is 0 Å². The minimum Gasteiger partial charge on any atom is -0.494 e. The maximum Gasteiger partial charge on any atom is 0.257 e. The van der Waals surface area contributed by atoms with Gasteiger partial charge in [-0.25, -0.2) is 4.98 Å². The van der Waals surface area contributed by atoms with Crippen molar-refractivity contribution in [2.24, 2.45) is 0 Å². The van der Waals surface area contributed by atoms with Gasteiger partial charge in [-0.2, -0.15) is 0 Å². The van der Waals surface area contributed by atoms with Gasteiger partial charge in [0.1, 0.15) is 11.6 Å². The minimum atomic E-state index is 0.00915. The Labute approximate surface area is 148 Å². The average Bonchev–Trinajstić information content (AvgIpc) is 2.63. The standard InChI is InChI=1S/C19H24N4O2/c1-3-25-16-8-6-15(7-9-16)22-18-17(5-4-10-21-18)19(24)23-12-11-20-14(2)13-23/h4-10,14,20H,3,11-13H2,1-2H3,(H,21,22). The first-order valence-electron chi connectivity index (χ1n) is 8.65. The molecule has 1 atom stereocenters. The molecule has 2 heterocycles. The number of nitrogens with one attached hydrogen (secondary N) is 2. The molecule has 1 aromatic carbocycles. The summed E-state index contributed by atoms with van der Waals surface area (Å²) in [7, 11) is 0. The van der Waals surface area contributed by atoms with Gasteiger partial charge in [0, 0.05) is 37.6 Å². The number of benzene rings is 1. The van der Waals surface area contributed by atoms with Gasteiger partial charge in [0.2, 0.25) is 0 Å². The number of piperazine rings is 1. The van der Waals surface area contributed by atoms with E-state index in [9.17, 15) is 4.79 Å². The van der Waals surface area contributed by atoms with E-state index in [1.54, 1.807) is 12.3 Å². The highest BCUT2D eigenvalue weighted by Crippen LogP contribution is 2.22. The fourth-order valence-electron chi connectivity index (χ4n) is 2.90. The van der Waals surface area contributed by atoms with Gasteiger partial charge in [-0.05, 0) is 50.2 Å². The van der Waals surface area contributed by atoms with E-state index in [-0.39, 0.29) is 5.91 Å². The third-order valence-corrected chi connectivity index (χ3v) is 4.12. The van der Waals surface area contributed by atoms with E-state index in [4.69, 9.17) is 4.74 Å². The van der Waals surface area contributed by atoms with Gasteiger partial charge >= 0.3 is 0 Å². The van der Waals surface area contributed by atoms with Crippen LogP contribution in [0.1, 0.15) is 24.2 Å². The molecule has 1 aliphatic rings. The van der Waals surface area contributed by atoms with Crippen molar-refractivity contribution < 1.29 is 9.53 Å². The second kappa shape index (κ2) is 7.98. The van der Waals surface area contributed by atoms with Gasteiger partial charge in [-0.1, -0.05) is 0 Å². The van der Waals surface area contributed by atoms with Gasteiger partial charge in [0.15, 0.2) is 0 Å². The molecule has 0 bridgehead atoms. The fraction of sp³-hybridized carbons (Fsp3) is 0.368. The van der Waals surface area contributed by atoms with Crippen molar-refractivity contribution in [1.82, 2.24) is 15.2 Å². The van der Waals surface area contributed by atoms with Crippen LogP contribution in [-0.2, 0) is 0 Å². The van der Waals surface area contributed by atoms with E-state index in [1.807, 2.05) is 42.2 Å². The van der Waals surface area contributed by atoms with Crippen molar-refractivity contribution >= 4 is 17.4 Å². The number of ether oxygens (including phenoxy) is 1. The maximum absolute atomic E-state index is 12.9. The van der Waals surface area contributed by atoms with Gasteiger partial charge in [-0.3, -0.25) is 4.79 Å². The molecular weight excluding hydrogens is 316 g/mol. The monoisotopic (exact) mass is 340 g/mol. The van der Waals surface area contributed by atoms with Crippen molar-refractivity contribution in [2.75, 3.05) is 31.6 Å². The number of carbonyl (C=O) groups is 1. The van der Waals surface area contributed by atoms with E-state index < -0.39 is 0 Å². The summed E-state index contributed by atoms with van der Waals surface area (Å²) in [6, 6.07) is 11.5. The fourth-order valence-corrected chi connectivity index (χ4v) is 2.90. The largest absolute Gasteiger partial charge is 0.494 e. The maximum atomic E-state index is 12.9. The Morgan fingerprint density at radius 1 is 1.36 bits per heavy atom. The van der Waals surface area contributed by atoms with E-state index in [1.165, 1.54) is 0 Å². The third kappa shape index (κ3) is 4.28. The van der Waals surface area contributed by atoms with Crippen molar-refractivity contribution in [3.63, 3.8) is 0 Å². The zero-order valence-corrected chi connectivity index (χ0v) is 14.7. The molecule has 0 aliphatic carbocycles. The quantitative estimate of drug-likeness (QED) is 0.876. The van der Waals surface area contributed by atoms with Crippen LogP contribution < -0.4 is 15.4 Å². The summed E-state index contributed by atoms with van der Waals surface area (Å²) in [5.41, 5.74) is 1.45. The number of aromatic nitrogens is 1. The molecule has 0 saturated carbocycles. The number of amides is 1. The Morgan fingerprint density at radius 2 is 2.16 bits per heavy atom. The number of carbonyl (C=O) groups excluding carboxylic acids is 1. The van der Waals surface area contributed by atoms with E-state index in [2.05, 4.69) is 22.5 Å². The summed E-state index contributed by atoms with van der Waals surface area (Å²) in [5.74, 6) is 1.40. The van der Waals surface area contributed by atoms with Gasteiger partial charge in [0.25, 0.3) is 5.91 Å². The van der Waals surface area contributed by atoms with Crippen LogP contribution in [0.3, 0.4) is 0 Å². The first kappa shape index (κ1) is 17.2. The van der Waals surface area contributed by atoms with Crippen molar-refractivity contribution in [2.45, 2.75) is 19.9 Å². The summed E-state index contributed by atoms with van der Waals surface area (Å²) in [6.45, 7) is 6.90. The first-order valence-corrected chi connectivity index (χ1v) is 8.65. The normalized spacial score (nSPS) is 17.2. The van der Waals surface area contributed by atoms with Crippen LogP contribution in [-0.4, -0.2) is 48.1 Å². The van der Waals surface area contributed by atoms with Crippen molar-refractivity contribution in [3.8, 4) is 5.75 Å². The topological polar surface area (TPSA) is 66.5 Å². The molecule has 0 spiro atoms. The van der Waals surface area contributed by atoms with E-state index in [0.717, 1.165) is 18.0 Å². The Hall–Kier alpha value is -2.60. The summed E-state index contributed by atoms with van der Waals surface area (Å²) in [5, 5.41) is 6.59. The molecule has 6 heteroatoms. The average molecular weight is 340 g/mol. The number of hydrogen-bond acceptors (Lipinski definition) is 5. The first-order chi connectivity index (χ1) is 12.2. The van der Waals surface area contributed by atoms with Gasteiger partial charge < -0.3 is 20.3 Å². The van der Waals surface area contributed by atoms with Gasteiger partial charge in [-0.15, -0.1) is 0 Å². The van der Waals surface area contributed by atoms with Crippen LogP contribution in [0.4, 0.5) is 11.5 Å². The molecule has 3 rings (SSSR count). The highest BCUT2D eigenvalue weighted by atomic mass is 16.5. The molecule has 1 aromatic heterocycles. The molecule has 0 radical (unpaired) electrons. The molecule has 1 unspecified atom stereocenters. The van der Waals surface area contributed by atoms with Crippen LogP contribution in [0.2, 0.25) is 0 Å². The van der Waals surface area contributed by atoms with Crippen LogP contribution in [0.15, 0.2) is 42.6 Å². The third-order valence-electron chi connectivity index (χ3n) is 4.12. The smallest absolute Gasteiger partial charge is 0.257 e. The lowest BCUT2D eigenvalue weighted by atomic mass is 10.1. The van der Waals surface area contributed by atoms with Crippen LogP contribution >= 0.6 is 0 Å². The number of nitrogens with zero attached hydrogens (tertiary/aromatic N) is 2. The number of pyridine rings is 1. The Bertz CT molecular complexity index is 718. The molecule has 1 saturated heterocycles.